The molecule has 0 saturated carbocycles. The molecule has 194 valence electrons. The summed E-state index contributed by atoms with van der Waals surface area (Å²) < 4.78 is 25.5. The molecule has 0 radical (unpaired) electrons. The number of amides is 3. The summed E-state index contributed by atoms with van der Waals surface area (Å²) in [5.41, 5.74) is 8.99. The smallest absolute Gasteiger partial charge is 0.330 e. The third-order valence-corrected chi connectivity index (χ3v) is 7.55. The number of nitrogens with two attached hydrogens (primary N) is 1. The minimum atomic E-state index is -4.04. The minimum absolute atomic E-state index is 0.00185. The second kappa shape index (κ2) is 11.4. The van der Waals surface area contributed by atoms with Gasteiger partial charge in [-0.2, -0.15) is 0 Å². The highest BCUT2D eigenvalue weighted by atomic mass is 32.2. The van der Waals surface area contributed by atoms with Crippen LogP contribution < -0.4 is 21.3 Å². The quantitative estimate of drug-likeness (QED) is 0.174. The highest BCUT2D eigenvalue weighted by Gasteiger charge is 2.28. The van der Waals surface area contributed by atoms with Gasteiger partial charge in [0.2, 0.25) is 5.91 Å². The molecule has 1 heterocycles. The first kappa shape index (κ1) is 26.1. The number of hydrogen-bond donors (Lipinski definition) is 5. The molecule has 6 N–H and O–H groups in total. The SMILES string of the molecule is N=C(N)c1ccc(C[C@@H](NC(=O)NNS(=O)(=O)c2ccc3ccccc3c2)C(=O)N2CCCCC2)cc1. The van der Waals surface area contributed by atoms with Crippen LogP contribution in [0.1, 0.15) is 30.4 Å². The lowest BCUT2D eigenvalue weighted by atomic mass is 10.0. The van der Waals surface area contributed by atoms with Crippen LogP contribution in [0.15, 0.2) is 71.6 Å². The van der Waals surface area contributed by atoms with Crippen LogP contribution in [0.4, 0.5) is 4.79 Å². The first-order valence-electron chi connectivity index (χ1n) is 12.0. The van der Waals surface area contributed by atoms with E-state index in [9.17, 15) is 18.0 Å². The molecule has 1 atom stereocenters. The van der Waals surface area contributed by atoms with Gasteiger partial charge in [-0.3, -0.25) is 15.6 Å². The second-order valence-electron chi connectivity index (χ2n) is 8.97. The van der Waals surface area contributed by atoms with Gasteiger partial charge in [-0.25, -0.2) is 13.2 Å². The number of nitrogen functional groups attached to an aromatic ring is 1. The lowest BCUT2D eigenvalue weighted by Gasteiger charge is -2.31. The van der Waals surface area contributed by atoms with Crippen LogP contribution in [0.3, 0.4) is 0 Å². The number of fused-ring (bicyclic) bond motifs is 1. The maximum absolute atomic E-state index is 13.3. The third-order valence-electron chi connectivity index (χ3n) is 6.31. The van der Waals surface area contributed by atoms with Crippen molar-refractivity contribution in [1.82, 2.24) is 20.5 Å². The molecule has 3 amide bonds. The lowest BCUT2D eigenvalue weighted by Crippen LogP contribution is -2.55. The number of hydrazine groups is 1. The van der Waals surface area contributed by atoms with Gasteiger partial charge < -0.3 is 16.0 Å². The molecule has 1 aliphatic rings. The molecule has 1 saturated heterocycles. The van der Waals surface area contributed by atoms with Crippen molar-refractivity contribution in [2.75, 3.05) is 13.1 Å². The number of sulfonamides is 1. The van der Waals surface area contributed by atoms with Crippen LogP contribution in [0.25, 0.3) is 10.8 Å². The Morgan fingerprint density at radius 2 is 1.62 bits per heavy atom. The standard InChI is InChI=1S/C26H30N6O4S/c27-24(28)20-10-8-18(9-11-20)16-23(25(33)32-14-4-1-5-15-32)29-26(34)30-31-37(35,36)22-13-12-19-6-2-3-7-21(19)17-22/h2-3,6-13,17,23,31H,1,4-5,14-16H2,(H3,27,28)(H2,29,30,34)/t23-/m1/s1. The summed E-state index contributed by atoms with van der Waals surface area (Å²) in [4.78, 5) is 29.8. The molecule has 0 bridgehead atoms. The number of piperidine rings is 1. The Bertz CT molecular complexity index is 1400. The van der Waals surface area contributed by atoms with E-state index in [1.165, 1.54) is 12.1 Å². The zero-order valence-corrected chi connectivity index (χ0v) is 21.1. The zero-order chi connectivity index (χ0) is 26.4. The summed E-state index contributed by atoms with van der Waals surface area (Å²) in [5, 5.41) is 11.8. The average Bonchev–Trinajstić information content (AvgIpc) is 2.91. The topological polar surface area (TPSA) is 157 Å². The van der Waals surface area contributed by atoms with Crippen molar-refractivity contribution < 1.29 is 18.0 Å². The van der Waals surface area contributed by atoms with E-state index in [0.29, 0.717) is 18.7 Å². The van der Waals surface area contributed by atoms with Crippen molar-refractivity contribution in [1.29, 1.82) is 5.41 Å². The van der Waals surface area contributed by atoms with Crippen molar-refractivity contribution in [3.05, 3.63) is 77.9 Å². The van der Waals surface area contributed by atoms with Crippen LogP contribution in [0, 0.1) is 5.41 Å². The second-order valence-corrected chi connectivity index (χ2v) is 10.6. The number of nitrogens with one attached hydrogen (secondary N) is 4. The number of carbonyl (C=O) groups excluding carboxylic acids is 2. The number of likely N-dealkylation sites (tertiary alicyclic amines) is 1. The molecule has 10 nitrogen and oxygen atoms in total. The summed E-state index contributed by atoms with van der Waals surface area (Å²) in [5.74, 6) is -0.299. The van der Waals surface area contributed by atoms with E-state index in [2.05, 4.69) is 15.6 Å². The molecule has 1 fully saturated rings. The first-order valence-corrected chi connectivity index (χ1v) is 13.5. The predicted molar refractivity (Wildman–Crippen MR) is 141 cm³/mol. The molecule has 0 unspecified atom stereocenters. The Morgan fingerprint density at radius 3 is 2.30 bits per heavy atom. The van der Waals surface area contributed by atoms with Crippen LogP contribution in [0.5, 0.6) is 0 Å². The summed E-state index contributed by atoms with van der Waals surface area (Å²) >= 11 is 0. The van der Waals surface area contributed by atoms with E-state index in [1.807, 2.05) is 18.2 Å². The highest BCUT2D eigenvalue weighted by Crippen LogP contribution is 2.18. The van der Waals surface area contributed by atoms with Crippen molar-refractivity contribution >= 4 is 38.6 Å². The van der Waals surface area contributed by atoms with Crippen molar-refractivity contribution in [3.63, 3.8) is 0 Å². The van der Waals surface area contributed by atoms with Gasteiger partial charge in [0.1, 0.15) is 11.9 Å². The predicted octanol–water partition coefficient (Wildman–Crippen LogP) is 2.24. The van der Waals surface area contributed by atoms with Crippen LogP contribution in [-0.2, 0) is 21.2 Å². The molecule has 4 rings (SSSR count). The summed E-state index contributed by atoms with van der Waals surface area (Å²) in [6.45, 7) is 1.22. The maximum Gasteiger partial charge on any atom is 0.330 e. The number of carbonyl (C=O) groups is 2. The Hall–Kier alpha value is -3.96. The Labute approximate surface area is 215 Å². The van der Waals surface area contributed by atoms with E-state index in [1.54, 1.807) is 41.3 Å². The van der Waals surface area contributed by atoms with Gasteiger partial charge in [0.25, 0.3) is 10.0 Å². The van der Waals surface area contributed by atoms with Gasteiger partial charge in [-0.1, -0.05) is 54.6 Å². The van der Waals surface area contributed by atoms with Crippen molar-refractivity contribution in [3.8, 4) is 0 Å². The van der Waals surface area contributed by atoms with Crippen LogP contribution in [0.2, 0.25) is 0 Å². The third kappa shape index (κ3) is 6.63. The molecule has 11 heteroatoms. The van der Waals surface area contributed by atoms with E-state index < -0.39 is 22.1 Å². The lowest BCUT2D eigenvalue weighted by molar-refractivity contribution is -0.134. The Morgan fingerprint density at radius 1 is 0.946 bits per heavy atom. The van der Waals surface area contributed by atoms with E-state index in [4.69, 9.17) is 11.1 Å². The maximum atomic E-state index is 13.3. The number of benzene rings is 3. The van der Waals surface area contributed by atoms with E-state index >= 15 is 0 Å². The number of urea groups is 1. The first-order chi connectivity index (χ1) is 17.7. The van der Waals surface area contributed by atoms with Gasteiger partial charge in [0.05, 0.1) is 4.90 Å². The average molecular weight is 523 g/mol. The van der Waals surface area contributed by atoms with Gasteiger partial charge >= 0.3 is 6.03 Å². The monoisotopic (exact) mass is 522 g/mol. The van der Waals surface area contributed by atoms with Gasteiger partial charge in [-0.15, -0.1) is 4.83 Å². The number of hydrogen-bond acceptors (Lipinski definition) is 5. The largest absolute Gasteiger partial charge is 0.384 e. The number of amidine groups is 1. The fourth-order valence-corrected chi connectivity index (χ4v) is 5.17. The van der Waals surface area contributed by atoms with Gasteiger partial charge in [0, 0.05) is 25.1 Å². The molecule has 3 aromatic rings. The fourth-order valence-electron chi connectivity index (χ4n) is 4.29. The molecular formula is C26H30N6O4S. The van der Waals surface area contributed by atoms with Crippen LogP contribution >= 0.6 is 0 Å². The zero-order valence-electron chi connectivity index (χ0n) is 20.2. The Balaban J connectivity index is 1.45. The van der Waals surface area contributed by atoms with E-state index in [0.717, 1.165) is 35.6 Å². The normalized spacial score (nSPS) is 14.6. The minimum Gasteiger partial charge on any atom is -0.384 e. The van der Waals surface area contributed by atoms with E-state index in [-0.39, 0.29) is 23.1 Å². The molecule has 0 aliphatic carbocycles. The molecule has 0 aromatic heterocycles. The fraction of sp³-hybridized carbons (Fsp3) is 0.269. The molecule has 0 spiro atoms. The van der Waals surface area contributed by atoms with Crippen molar-refractivity contribution in [2.24, 2.45) is 5.73 Å². The number of rotatable bonds is 8. The van der Waals surface area contributed by atoms with Crippen molar-refractivity contribution in [2.45, 2.75) is 36.6 Å². The summed E-state index contributed by atoms with van der Waals surface area (Å²) in [6.07, 6.45) is 3.02. The molecule has 3 aromatic carbocycles. The van der Waals surface area contributed by atoms with Gasteiger partial charge in [-0.05, 0) is 47.7 Å². The summed E-state index contributed by atoms with van der Waals surface area (Å²) in [7, 11) is -4.04. The molecule has 37 heavy (non-hydrogen) atoms. The molecular weight excluding hydrogens is 492 g/mol. The molecule has 1 aliphatic heterocycles. The Kier molecular flexibility index (Phi) is 8.04. The van der Waals surface area contributed by atoms with Crippen LogP contribution in [-0.4, -0.2) is 50.2 Å². The number of nitrogens with zero attached hydrogens (tertiary/aromatic N) is 1. The highest BCUT2D eigenvalue weighted by molar-refractivity contribution is 7.89. The summed E-state index contributed by atoms with van der Waals surface area (Å²) in [6, 6.07) is 17.1. The van der Waals surface area contributed by atoms with Gasteiger partial charge in [0.15, 0.2) is 0 Å².